The zero-order chi connectivity index (χ0) is 9.07. The van der Waals surface area contributed by atoms with Crippen LogP contribution in [0.5, 0.6) is 0 Å². The predicted molar refractivity (Wildman–Crippen MR) is 52.8 cm³/mol. The van der Waals surface area contributed by atoms with Gasteiger partial charge >= 0.3 is 0 Å². The average Bonchev–Trinajstić information content (AvgIpc) is 2.10. The molecule has 0 aliphatic rings. The van der Waals surface area contributed by atoms with Crippen LogP contribution < -0.4 is 5.32 Å². The summed E-state index contributed by atoms with van der Waals surface area (Å²) < 4.78 is 0. The highest BCUT2D eigenvalue weighted by atomic mass is 16.2. The molecular weight excluding hydrogens is 152 g/mol. The van der Waals surface area contributed by atoms with E-state index < -0.39 is 0 Å². The molecule has 0 saturated carbocycles. The van der Waals surface area contributed by atoms with Crippen LogP contribution in [0.15, 0.2) is 4.99 Å². The van der Waals surface area contributed by atoms with Crippen molar-refractivity contribution in [3.05, 3.63) is 0 Å². The van der Waals surface area contributed by atoms with Gasteiger partial charge in [0.25, 0.3) is 0 Å². The Kier molecular flexibility index (Phi) is 10.2. The first-order valence-electron chi connectivity index (χ1n) is 4.65. The van der Waals surface area contributed by atoms with E-state index in [0.717, 1.165) is 38.8 Å². The Morgan fingerprint density at radius 3 is 2.83 bits per heavy atom. The summed E-state index contributed by atoms with van der Waals surface area (Å²) in [5, 5.41) is 11.6. The summed E-state index contributed by atoms with van der Waals surface area (Å²) in [6, 6.07) is 0. The van der Waals surface area contributed by atoms with Crippen molar-refractivity contribution in [2.24, 2.45) is 4.99 Å². The summed E-state index contributed by atoms with van der Waals surface area (Å²) >= 11 is 0. The van der Waals surface area contributed by atoms with E-state index in [1.807, 2.05) is 13.3 Å². The van der Waals surface area contributed by atoms with Crippen LogP contribution in [0.1, 0.15) is 25.7 Å². The van der Waals surface area contributed by atoms with Gasteiger partial charge in [0.05, 0.1) is 0 Å². The zero-order valence-electron chi connectivity index (χ0n) is 7.92. The maximum absolute atomic E-state index is 8.49. The molecule has 0 fully saturated rings. The van der Waals surface area contributed by atoms with Gasteiger partial charge in [-0.3, -0.25) is 4.99 Å². The topological polar surface area (TPSA) is 44.6 Å². The lowest BCUT2D eigenvalue weighted by Crippen LogP contribution is -2.08. The molecule has 12 heavy (non-hydrogen) atoms. The fraction of sp³-hybridized carbons (Fsp3) is 0.889. The van der Waals surface area contributed by atoms with Crippen LogP contribution >= 0.6 is 0 Å². The van der Waals surface area contributed by atoms with Crippen molar-refractivity contribution in [1.29, 1.82) is 0 Å². The molecule has 0 heterocycles. The van der Waals surface area contributed by atoms with Crippen LogP contribution in [0.3, 0.4) is 0 Å². The summed E-state index contributed by atoms with van der Waals surface area (Å²) in [6.07, 6.45) is 6.01. The molecule has 0 atom stereocenters. The van der Waals surface area contributed by atoms with Gasteiger partial charge in [-0.15, -0.1) is 0 Å². The molecule has 0 bridgehead atoms. The predicted octanol–water partition coefficient (Wildman–Crippen LogP) is 0.829. The van der Waals surface area contributed by atoms with Gasteiger partial charge in [-0.05, 0) is 45.5 Å². The second-order valence-corrected chi connectivity index (χ2v) is 2.77. The van der Waals surface area contributed by atoms with Crippen molar-refractivity contribution in [3.8, 4) is 0 Å². The molecule has 0 aromatic heterocycles. The van der Waals surface area contributed by atoms with E-state index in [-0.39, 0.29) is 0 Å². The highest BCUT2D eigenvalue weighted by molar-refractivity contribution is 5.56. The van der Waals surface area contributed by atoms with E-state index in [4.69, 9.17) is 5.11 Å². The molecule has 0 amide bonds. The first-order valence-corrected chi connectivity index (χ1v) is 4.65. The van der Waals surface area contributed by atoms with Crippen LogP contribution in [0, 0.1) is 0 Å². The summed E-state index contributed by atoms with van der Waals surface area (Å²) in [5.74, 6) is 0. The lowest BCUT2D eigenvalue weighted by Gasteiger charge is -1.94. The van der Waals surface area contributed by atoms with E-state index in [2.05, 4.69) is 10.3 Å². The summed E-state index contributed by atoms with van der Waals surface area (Å²) in [6.45, 7) is 2.25. The van der Waals surface area contributed by atoms with Crippen LogP contribution in [0.25, 0.3) is 0 Å². The largest absolute Gasteiger partial charge is 0.396 e. The van der Waals surface area contributed by atoms with E-state index >= 15 is 0 Å². The van der Waals surface area contributed by atoms with E-state index in [1.165, 1.54) is 0 Å². The molecule has 3 nitrogen and oxygen atoms in total. The first-order chi connectivity index (χ1) is 5.91. The normalized spacial score (nSPS) is 11.2. The van der Waals surface area contributed by atoms with Crippen LogP contribution in [-0.2, 0) is 0 Å². The summed E-state index contributed by atoms with van der Waals surface area (Å²) in [4.78, 5) is 4.23. The Balaban J connectivity index is 2.93. The number of aliphatic hydroxyl groups is 1. The van der Waals surface area contributed by atoms with Crippen LogP contribution in [0.4, 0.5) is 0 Å². The van der Waals surface area contributed by atoms with Gasteiger partial charge in [0.15, 0.2) is 0 Å². The molecular formula is C9H20N2O. The maximum Gasteiger partial charge on any atom is 0.0431 e. The highest BCUT2D eigenvalue weighted by Gasteiger charge is 1.83. The Hall–Kier alpha value is -0.410. The van der Waals surface area contributed by atoms with Gasteiger partial charge in [0.2, 0.25) is 0 Å². The van der Waals surface area contributed by atoms with Crippen LogP contribution in [0.2, 0.25) is 0 Å². The van der Waals surface area contributed by atoms with Crippen molar-refractivity contribution in [1.82, 2.24) is 5.32 Å². The molecule has 72 valence electrons. The quantitative estimate of drug-likeness (QED) is 0.421. The van der Waals surface area contributed by atoms with Crippen molar-refractivity contribution >= 4 is 6.21 Å². The number of nitrogens with one attached hydrogen (secondary N) is 1. The molecule has 3 heteroatoms. The number of unbranched alkanes of at least 4 members (excludes halogenated alkanes) is 2. The number of rotatable bonds is 8. The standard InChI is InChI=1S/C9H20N2O/c1-10-6-5-8-11-7-3-2-4-9-12/h7,10,12H,2-6,8-9H2,1H3. The zero-order valence-corrected chi connectivity index (χ0v) is 7.92. The SMILES string of the molecule is CNCCCN=CCCCCO. The number of hydrogen-bond donors (Lipinski definition) is 2. The van der Waals surface area contributed by atoms with Crippen molar-refractivity contribution in [3.63, 3.8) is 0 Å². The molecule has 0 radical (unpaired) electrons. The molecule has 0 rings (SSSR count). The van der Waals surface area contributed by atoms with Crippen LogP contribution in [-0.4, -0.2) is 38.1 Å². The Labute approximate surface area is 74.9 Å². The first kappa shape index (κ1) is 11.6. The smallest absolute Gasteiger partial charge is 0.0431 e. The van der Waals surface area contributed by atoms with Gasteiger partial charge in [0, 0.05) is 13.2 Å². The highest BCUT2D eigenvalue weighted by Crippen LogP contribution is 1.90. The lowest BCUT2D eigenvalue weighted by atomic mass is 10.2. The second kappa shape index (κ2) is 10.6. The molecule has 0 aromatic carbocycles. The van der Waals surface area contributed by atoms with Gasteiger partial charge in [-0.25, -0.2) is 0 Å². The minimum Gasteiger partial charge on any atom is -0.396 e. The molecule has 2 N–H and O–H groups in total. The molecule has 0 aliphatic heterocycles. The number of nitrogens with zero attached hydrogens (tertiary/aromatic N) is 1. The third-order valence-corrected chi connectivity index (χ3v) is 1.58. The minimum atomic E-state index is 0.299. The second-order valence-electron chi connectivity index (χ2n) is 2.77. The third kappa shape index (κ3) is 9.59. The molecule has 0 unspecified atom stereocenters. The molecule has 0 aromatic rings. The van der Waals surface area contributed by atoms with Crippen molar-refractivity contribution < 1.29 is 5.11 Å². The average molecular weight is 172 g/mol. The van der Waals surface area contributed by atoms with Gasteiger partial charge in [-0.2, -0.15) is 0 Å². The number of hydrogen-bond acceptors (Lipinski definition) is 3. The molecule has 0 spiro atoms. The monoisotopic (exact) mass is 172 g/mol. The lowest BCUT2D eigenvalue weighted by molar-refractivity contribution is 0.286. The fourth-order valence-electron chi connectivity index (χ4n) is 0.877. The maximum atomic E-state index is 8.49. The number of aliphatic imine (C=N–C) groups is 1. The Bertz CT molecular complexity index is 92.7. The van der Waals surface area contributed by atoms with Crippen molar-refractivity contribution in [2.45, 2.75) is 25.7 Å². The number of aliphatic hydroxyl groups excluding tert-OH is 1. The minimum absolute atomic E-state index is 0.299. The molecule has 0 saturated heterocycles. The van der Waals surface area contributed by atoms with E-state index in [1.54, 1.807) is 0 Å². The Morgan fingerprint density at radius 2 is 2.17 bits per heavy atom. The van der Waals surface area contributed by atoms with E-state index in [9.17, 15) is 0 Å². The van der Waals surface area contributed by atoms with E-state index in [0.29, 0.717) is 6.61 Å². The molecule has 0 aliphatic carbocycles. The fourth-order valence-corrected chi connectivity index (χ4v) is 0.877. The Morgan fingerprint density at radius 1 is 1.33 bits per heavy atom. The summed E-state index contributed by atoms with van der Waals surface area (Å²) in [5.41, 5.74) is 0. The van der Waals surface area contributed by atoms with Gasteiger partial charge in [0.1, 0.15) is 0 Å². The van der Waals surface area contributed by atoms with Gasteiger partial charge < -0.3 is 10.4 Å². The van der Waals surface area contributed by atoms with Gasteiger partial charge in [-0.1, -0.05) is 0 Å². The van der Waals surface area contributed by atoms with Crippen molar-refractivity contribution in [2.75, 3.05) is 26.7 Å². The summed E-state index contributed by atoms with van der Waals surface area (Å²) in [7, 11) is 1.95. The third-order valence-electron chi connectivity index (χ3n) is 1.58.